The molecule has 0 radical (unpaired) electrons. The van der Waals surface area contributed by atoms with Crippen molar-refractivity contribution in [3.05, 3.63) is 102 Å². The van der Waals surface area contributed by atoms with Crippen LogP contribution in [0, 0.1) is 0 Å². The van der Waals surface area contributed by atoms with Gasteiger partial charge in [0.1, 0.15) is 11.5 Å². The molecule has 0 spiro atoms. The van der Waals surface area contributed by atoms with Crippen LogP contribution in [0.25, 0.3) is 0 Å². The Morgan fingerprint density at radius 2 is 1.81 bits per heavy atom. The van der Waals surface area contributed by atoms with E-state index >= 15 is 0 Å². The molecule has 5 rings (SSSR count). The average Bonchev–Trinajstić information content (AvgIpc) is 3.40. The van der Waals surface area contributed by atoms with Gasteiger partial charge in [0, 0.05) is 41.9 Å². The Balaban J connectivity index is 1.27. The molecule has 160 valence electrons. The van der Waals surface area contributed by atoms with Crippen LogP contribution in [0.2, 0.25) is 0 Å². The van der Waals surface area contributed by atoms with Crippen LogP contribution in [0.15, 0.2) is 89.8 Å². The SMILES string of the molecule is CC1Cc2ccccc2N1Cc1ccoc1C(=O)Nc1ccc(Oc2ccncc2)cc1. The summed E-state index contributed by atoms with van der Waals surface area (Å²) >= 11 is 0. The zero-order chi connectivity index (χ0) is 21.9. The van der Waals surface area contributed by atoms with Gasteiger partial charge >= 0.3 is 0 Å². The summed E-state index contributed by atoms with van der Waals surface area (Å²) in [6.07, 6.45) is 5.92. The minimum Gasteiger partial charge on any atom is -0.459 e. The summed E-state index contributed by atoms with van der Waals surface area (Å²) in [5.41, 5.74) is 4.09. The van der Waals surface area contributed by atoms with Crippen molar-refractivity contribution in [3.63, 3.8) is 0 Å². The molecular weight excluding hydrogens is 402 g/mol. The average molecular weight is 425 g/mol. The predicted molar refractivity (Wildman–Crippen MR) is 123 cm³/mol. The van der Waals surface area contributed by atoms with Crippen LogP contribution >= 0.6 is 0 Å². The van der Waals surface area contributed by atoms with Gasteiger partial charge in [-0.1, -0.05) is 18.2 Å². The Labute approximate surface area is 186 Å². The van der Waals surface area contributed by atoms with Crippen LogP contribution in [0.4, 0.5) is 11.4 Å². The number of aromatic nitrogens is 1. The molecule has 1 aliphatic heterocycles. The molecule has 1 N–H and O–H groups in total. The third kappa shape index (κ3) is 4.07. The third-order valence-corrected chi connectivity index (χ3v) is 5.64. The molecule has 0 saturated carbocycles. The highest BCUT2D eigenvalue weighted by molar-refractivity contribution is 6.03. The molecule has 2 aromatic heterocycles. The fourth-order valence-corrected chi connectivity index (χ4v) is 4.05. The van der Waals surface area contributed by atoms with E-state index in [0.717, 1.165) is 12.0 Å². The molecule has 0 saturated heterocycles. The first-order valence-corrected chi connectivity index (χ1v) is 10.6. The smallest absolute Gasteiger partial charge is 0.291 e. The normalized spacial score (nSPS) is 14.8. The van der Waals surface area contributed by atoms with Crippen LogP contribution < -0.4 is 15.0 Å². The fraction of sp³-hybridized carbons (Fsp3) is 0.154. The van der Waals surface area contributed by atoms with Crippen LogP contribution in [0.1, 0.15) is 28.6 Å². The van der Waals surface area contributed by atoms with Gasteiger partial charge in [-0.15, -0.1) is 0 Å². The molecule has 1 atom stereocenters. The Hall–Kier alpha value is -4.06. The molecule has 1 amide bonds. The summed E-state index contributed by atoms with van der Waals surface area (Å²) in [4.78, 5) is 19.2. The van der Waals surface area contributed by atoms with E-state index in [2.05, 4.69) is 46.4 Å². The quantitative estimate of drug-likeness (QED) is 0.431. The van der Waals surface area contributed by atoms with Gasteiger partial charge in [0.15, 0.2) is 5.76 Å². The Morgan fingerprint density at radius 1 is 1.06 bits per heavy atom. The maximum Gasteiger partial charge on any atom is 0.291 e. The van der Waals surface area contributed by atoms with Crippen molar-refractivity contribution >= 4 is 17.3 Å². The van der Waals surface area contributed by atoms with Crippen molar-refractivity contribution in [2.24, 2.45) is 0 Å². The summed E-state index contributed by atoms with van der Waals surface area (Å²) in [6, 6.07) is 21.4. The first-order chi connectivity index (χ1) is 15.7. The monoisotopic (exact) mass is 425 g/mol. The number of nitrogens with one attached hydrogen (secondary N) is 1. The van der Waals surface area contributed by atoms with E-state index in [9.17, 15) is 4.79 Å². The zero-order valence-corrected chi connectivity index (χ0v) is 17.7. The largest absolute Gasteiger partial charge is 0.459 e. The van der Waals surface area contributed by atoms with Gasteiger partial charge in [0.25, 0.3) is 5.91 Å². The topological polar surface area (TPSA) is 67.6 Å². The first kappa shape index (κ1) is 19.9. The van der Waals surface area contributed by atoms with Gasteiger partial charge in [0.05, 0.1) is 6.26 Å². The van der Waals surface area contributed by atoms with Gasteiger partial charge in [-0.2, -0.15) is 0 Å². The maximum atomic E-state index is 12.9. The maximum absolute atomic E-state index is 12.9. The number of anilines is 2. The molecule has 4 aromatic rings. The molecule has 6 nitrogen and oxygen atoms in total. The highest BCUT2D eigenvalue weighted by atomic mass is 16.5. The molecule has 0 aliphatic carbocycles. The van der Waals surface area contributed by atoms with Crippen molar-refractivity contribution < 1.29 is 13.9 Å². The van der Waals surface area contributed by atoms with E-state index < -0.39 is 0 Å². The van der Waals surface area contributed by atoms with Crippen LogP contribution in [0.5, 0.6) is 11.5 Å². The summed E-state index contributed by atoms with van der Waals surface area (Å²) in [7, 11) is 0. The molecule has 0 fully saturated rings. The Kier molecular flexibility index (Phi) is 5.34. The Morgan fingerprint density at radius 3 is 2.62 bits per heavy atom. The van der Waals surface area contributed by atoms with Crippen molar-refractivity contribution in [3.8, 4) is 11.5 Å². The van der Waals surface area contributed by atoms with Gasteiger partial charge in [0.2, 0.25) is 0 Å². The van der Waals surface area contributed by atoms with Gasteiger partial charge in [-0.3, -0.25) is 9.78 Å². The number of nitrogens with zero attached hydrogens (tertiary/aromatic N) is 2. The predicted octanol–water partition coefficient (Wildman–Crippen LogP) is 5.67. The molecule has 6 heteroatoms. The molecule has 1 unspecified atom stereocenters. The molecule has 0 bridgehead atoms. The van der Waals surface area contributed by atoms with Crippen LogP contribution in [-0.2, 0) is 13.0 Å². The number of ether oxygens (including phenoxy) is 1. The fourth-order valence-electron chi connectivity index (χ4n) is 4.05. The molecule has 3 heterocycles. The second kappa shape index (κ2) is 8.59. The number of carbonyl (C=O) groups excluding carboxylic acids is 1. The minimum absolute atomic E-state index is 0.270. The highest BCUT2D eigenvalue weighted by Crippen LogP contribution is 2.33. The number of rotatable bonds is 6. The molecule has 32 heavy (non-hydrogen) atoms. The highest BCUT2D eigenvalue weighted by Gasteiger charge is 2.27. The van der Waals surface area contributed by atoms with E-state index in [0.29, 0.717) is 35.5 Å². The van der Waals surface area contributed by atoms with Gasteiger partial charge in [-0.05, 0) is 67.4 Å². The lowest BCUT2D eigenvalue weighted by Gasteiger charge is -2.24. The first-order valence-electron chi connectivity index (χ1n) is 10.6. The minimum atomic E-state index is -0.270. The molecule has 2 aromatic carbocycles. The number of carbonyl (C=O) groups is 1. The summed E-state index contributed by atoms with van der Waals surface area (Å²) in [5, 5.41) is 2.91. The number of hydrogen-bond donors (Lipinski definition) is 1. The van der Waals surface area contributed by atoms with Gasteiger partial charge < -0.3 is 19.4 Å². The van der Waals surface area contributed by atoms with E-state index in [1.54, 1.807) is 42.9 Å². The summed E-state index contributed by atoms with van der Waals surface area (Å²) < 4.78 is 11.3. The zero-order valence-electron chi connectivity index (χ0n) is 17.7. The van der Waals surface area contributed by atoms with Gasteiger partial charge in [-0.25, -0.2) is 0 Å². The lowest BCUT2D eigenvalue weighted by Crippen LogP contribution is -2.29. The van der Waals surface area contributed by atoms with Crippen molar-refractivity contribution in [2.45, 2.75) is 25.9 Å². The van der Waals surface area contributed by atoms with E-state index in [1.165, 1.54) is 11.3 Å². The lowest BCUT2D eigenvalue weighted by molar-refractivity contribution is 0.0995. The van der Waals surface area contributed by atoms with Crippen molar-refractivity contribution in [1.82, 2.24) is 4.98 Å². The van der Waals surface area contributed by atoms with E-state index in [-0.39, 0.29) is 5.91 Å². The van der Waals surface area contributed by atoms with Crippen molar-refractivity contribution in [2.75, 3.05) is 10.2 Å². The number of furan rings is 1. The van der Waals surface area contributed by atoms with Crippen molar-refractivity contribution in [1.29, 1.82) is 0 Å². The Bertz CT molecular complexity index is 1220. The molecule has 1 aliphatic rings. The second-order valence-corrected chi connectivity index (χ2v) is 7.85. The van der Waals surface area contributed by atoms with E-state index in [4.69, 9.17) is 9.15 Å². The van der Waals surface area contributed by atoms with Crippen LogP contribution in [0.3, 0.4) is 0 Å². The number of pyridine rings is 1. The van der Waals surface area contributed by atoms with E-state index in [1.807, 2.05) is 18.2 Å². The number of fused-ring (bicyclic) bond motifs is 1. The van der Waals surface area contributed by atoms with Crippen LogP contribution in [-0.4, -0.2) is 16.9 Å². The molecular formula is C26H23N3O3. The lowest BCUT2D eigenvalue weighted by atomic mass is 10.1. The number of amides is 1. The summed E-state index contributed by atoms with van der Waals surface area (Å²) in [5.74, 6) is 1.44. The summed E-state index contributed by atoms with van der Waals surface area (Å²) in [6.45, 7) is 2.82. The number of para-hydroxylation sites is 1. The third-order valence-electron chi connectivity index (χ3n) is 5.64. The second-order valence-electron chi connectivity index (χ2n) is 7.85. The standard InChI is InChI=1S/C26H23N3O3/c1-18-16-19-4-2-3-5-24(19)29(18)17-20-12-15-31-25(20)26(30)28-21-6-8-22(9-7-21)32-23-10-13-27-14-11-23/h2-15,18H,16-17H2,1H3,(H,28,30). The number of benzene rings is 2. The number of hydrogen-bond acceptors (Lipinski definition) is 5.